The molecule has 0 N–H and O–H groups in total. The van der Waals surface area contributed by atoms with Crippen LogP contribution in [0, 0.1) is 5.41 Å². The monoisotopic (exact) mass is 232 g/mol. The van der Waals surface area contributed by atoms with E-state index in [-0.39, 0.29) is 16.7 Å². The van der Waals surface area contributed by atoms with Gasteiger partial charge in [-0.05, 0) is 38.5 Å². The Bertz CT molecular complexity index is 313. The van der Waals surface area contributed by atoms with Gasteiger partial charge in [0.05, 0.1) is 17.9 Å². The third kappa shape index (κ3) is 1.79. The van der Waals surface area contributed by atoms with Crippen molar-refractivity contribution in [2.24, 2.45) is 5.41 Å². The van der Waals surface area contributed by atoms with Gasteiger partial charge in [-0.1, -0.05) is 13.8 Å². The maximum atomic E-state index is 12.6. The summed E-state index contributed by atoms with van der Waals surface area (Å²) in [6.45, 7) is 8.86. The molecule has 2 fully saturated rings. The van der Waals surface area contributed by atoms with Crippen molar-refractivity contribution < 1.29 is 13.6 Å². The van der Waals surface area contributed by atoms with Crippen molar-refractivity contribution >= 4 is 7.60 Å². The third-order valence-corrected chi connectivity index (χ3v) is 6.39. The van der Waals surface area contributed by atoms with Gasteiger partial charge in [-0.2, -0.15) is 0 Å². The Morgan fingerprint density at radius 1 is 1.40 bits per heavy atom. The first-order valence-electron chi connectivity index (χ1n) is 5.73. The molecule has 88 valence electrons. The second-order valence-corrected chi connectivity index (χ2v) is 8.43. The van der Waals surface area contributed by atoms with Gasteiger partial charge < -0.3 is 9.05 Å². The normalized spacial score (nSPS) is 48.1. The van der Waals surface area contributed by atoms with Crippen molar-refractivity contribution in [3.05, 3.63) is 0 Å². The first kappa shape index (κ1) is 11.6. The first-order valence-corrected chi connectivity index (χ1v) is 7.28. The molecule has 15 heavy (non-hydrogen) atoms. The number of rotatable bonds is 2. The Morgan fingerprint density at radius 2 is 2.07 bits per heavy atom. The predicted molar refractivity (Wildman–Crippen MR) is 60.1 cm³/mol. The van der Waals surface area contributed by atoms with E-state index in [1.807, 2.05) is 6.92 Å². The van der Waals surface area contributed by atoms with Crippen LogP contribution >= 0.6 is 7.60 Å². The summed E-state index contributed by atoms with van der Waals surface area (Å²) in [7, 11) is -2.87. The average Bonchev–Trinajstić information content (AvgIpc) is 2.15. The first-order chi connectivity index (χ1) is 6.80. The smallest absolute Gasteiger partial charge is 0.308 e. The molecule has 0 amide bonds. The van der Waals surface area contributed by atoms with Gasteiger partial charge in [-0.15, -0.1) is 0 Å². The molecule has 1 aliphatic carbocycles. The highest BCUT2D eigenvalue weighted by Gasteiger charge is 2.60. The molecule has 0 radical (unpaired) electrons. The van der Waals surface area contributed by atoms with Crippen LogP contribution in [0.1, 0.15) is 47.0 Å². The highest BCUT2D eigenvalue weighted by molar-refractivity contribution is 7.56. The van der Waals surface area contributed by atoms with Crippen LogP contribution in [0.5, 0.6) is 0 Å². The maximum absolute atomic E-state index is 12.6. The highest BCUT2D eigenvalue weighted by Crippen LogP contribution is 2.73. The summed E-state index contributed by atoms with van der Waals surface area (Å²) in [5.41, 5.74) is 0.223. The van der Waals surface area contributed by atoms with Gasteiger partial charge in [-0.25, -0.2) is 0 Å². The van der Waals surface area contributed by atoms with E-state index < -0.39 is 7.60 Å². The van der Waals surface area contributed by atoms with E-state index >= 15 is 0 Å². The summed E-state index contributed by atoms with van der Waals surface area (Å²) in [5.74, 6) is 0. The Morgan fingerprint density at radius 3 is 2.67 bits per heavy atom. The Balaban J connectivity index is 2.30. The van der Waals surface area contributed by atoms with Gasteiger partial charge in [-0.3, -0.25) is 4.57 Å². The summed E-state index contributed by atoms with van der Waals surface area (Å²) in [5, 5.41) is -0.255. The SMILES string of the molecule is CCOP1(=O)OC2CC(C)(C)CC1(C)C2. The molecule has 1 saturated heterocycles. The standard InChI is InChI=1S/C11H21O3P/c1-5-13-15(12)11(4)7-9(14-15)6-10(2,3)8-11/h9H,5-8H2,1-4H3. The highest BCUT2D eigenvalue weighted by atomic mass is 31.2. The summed E-state index contributed by atoms with van der Waals surface area (Å²) in [4.78, 5) is 0. The zero-order valence-corrected chi connectivity index (χ0v) is 11.0. The molecule has 3 atom stereocenters. The van der Waals surface area contributed by atoms with Crippen molar-refractivity contribution in [1.82, 2.24) is 0 Å². The summed E-state index contributed by atoms with van der Waals surface area (Å²) >= 11 is 0. The molecule has 2 rings (SSSR count). The number of fused-ring (bicyclic) bond motifs is 2. The second-order valence-electron chi connectivity index (χ2n) is 5.89. The van der Waals surface area contributed by atoms with Crippen LogP contribution in [0.2, 0.25) is 0 Å². The second kappa shape index (κ2) is 3.32. The van der Waals surface area contributed by atoms with Gasteiger partial charge in [0, 0.05) is 0 Å². The Hall–Kier alpha value is 0.150. The van der Waals surface area contributed by atoms with Crippen LogP contribution in [0.3, 0.4) is 0 Å². The van der Waals surface area contributed by atoms with Crippen molar-refractivity contribution in [3.8, 4) is 0 Å². The molecule has 2 bridgehead atoms. The lowest BCUT2D eigenvalue weighted by atomic mass is 9.71. The molecule has 1 aliphatic heterocycles. The predicted octanol–water partition coefficient (Wildman–Crippen LogP) is 3.58. The largest absolute Gasteiger partial charge is 0.336 e. The van der Waals surface area contributed by atoms with E-state index in [2.05, 4.69) is 20.8 Å². The molecule has 4 heteroatoms. The van der Waals surface area contributed by atoms with E-state index in [0.717, 1.165) is 19.3 Å². The van der Waals surface area contributed by atoms with Crippen molar-refractivity contribution in [1.29, 1.82) is 0 Å². The van der Waals surface area contributed by atoms with E-state index in [9.17, 15) is 4.57 Å². The topological polar surface area (TPSA) is 35.5 Å². The number of hydrogen-bond donors (Lipinski definition) is 0. The van der Waals surface area contributed by atoms with Gasteiger partial charge in [0.25, 0.3) is 0 Å². The van der Waals surface area contributed by atoms with Crippen molar-refractivity contribution in [2.75, 3.05) is 6.61 Å². The third-order valence-electron chi connectivity index (χ3n) is 3.56. The molecule has 0 aromatic carbocycles. The molecule has 0 aromatic rings. The fourth-order valence-corrected chi connectivity index (χ4v) is 5.87. The minimum atomic E-state index is -2.87. The average molecular weight is 232 g/mol. The van der Waals surface area contributed by atoms with Crippen LogP contribution in [0.25, 0.3) is 0 Å². The minimum absolute atomic E-state index is 0.135. The van der Waals surface area contributed by atoms with Gasteiger partial charge >= 0.3 is 7.60 Å². The number of hydrogen-bond acceptors (Lipinski definition) is 3. The van der Waals surface area contributed by atoms with Gasteiger partial charge in [0.2, 0.25) is 0 Å². The molecular formula is C11H21O3P. The molecule has 1 heterocycles. The molecule has 0 aromatic heterocycles. The van der Waals surface area contributed by atoms with Crippen molar-refractivity contribution in [3.63, 3.8) is 0 Å². The van der Waals surface area contributed by atoms with Crippen LogP contribution < -0.4 is 0 Å². The van der Waals surface area contributed by atoms with Gasteiger partial charge in [0.15, 0.2) is 0 Å². The summed E-state index contributed by atoms with van der Waals surface area (Å²) in [6, 6.07) is 0. The molecule has 3 unspecified atom stereocenters. The van der Waals surface area contributed by atoms with Crippen LogP contribution in [-0.2, 0) is 13.6 Å². The Labute approximate surface area is 92.1 Å². The molecule has 2 aliphatic rings. The summed E-state index contributed by atoms with van der Waals surface area (Å²) in [6.07, 6.45) is 2.97. The molecule has 3 nitrogen and oxygen atoms in total. The van der Waals surface area contributed by atoms with Crippen LogP contribution in [-0.4, -0.2) is 17.9 Å². The lowest BCUT2D eigenvalue weighted by molar-refractivity contribution is 0.109. The Kier molecular flexibility index (Phi) is 2.57. The lowest BCUT2D eigenvalue weighted by Gasteiger charge is -2.38. The maximum Gasteiger partial charge on any atom is 0.336 e. The van der Waals surface area contributed by atoms with Crippen LogP contribution in [0.15, 0.2) is 0 Å². The van der Waals surface area contributed by atoms with E-state index in [1.165, 1.54) is 0 Å². The molecule has 0 spiro atoms. The van der Waals surface area contributed by atoms with E-state index in [0.29, 0.717) is 6.61 Å². The fraction of sp³-hybridized carbons (Fsp3) is 1.00. The minimum Gasteiger partial charge on any atom is -0.308 e. The fourth-order valence-electron chi connectivity index (χ4n) is 3.32. The summed E-state index contributed by atoms with van der Waals surface area (Å²) < 4.78 is 23.7. The lowest BCUT2D eigenvalue weighted by Crippen LogP contribution is -2.36. The van der Waals surface area contributed by atoms with E-state index in [4.69, 9.17) is 9.05 Å². The quantitative estimate of drug-likeness (QED) is 0.682. The zero-order valence-electron chi connectivity index (χ0n) is 10.1. The van der Waals surface area contributed by atoms with Gasteiger partial charge in [0.1, 0.15) is 0 Å². The molecular weight excluding hydrogens is 211 g/mol. The van der Waals surface area contributed by atoms with Crippen molar-refractivity contribution in [2.45, 2.75) is 58.2 Å². The van der Waals surface area contributed by atoms with E-state index in [1.54, 1.807) is 0 Å². The molecule has 1 saturated carbocycles. The zero-order chi connectivity index (χ0) is 11.3. The van der Waals surface area contributed by atoms with Crippen LogP contribution in [0.4, 0.5) is 0 Å².